The van der Waals surface area contributed by atoms with Gasteiger partial charge in [-0.2, -0.15) is 0 Å². The molecule has 8 nitrogen and oxygen atoms in total. The molecule has 1 heterocycles. The van der Waals surface area contributed by atoms with Crippen LogP contribution in [0.4, 0.5) is 0 Å². The maximum Gasteiger partial charge on any atom is 0.160 e. The molecular weight excluding hydrogens is 534 g/mol. The van der Waals surface area contributed by atoms with E-state index in [9.17, 15) is 30.0 Å². The van der Waals surface area contributed by atoms with Gasteiger partial charge in [0.25, 0.3) is 0 Å². The standard InChI is InChI=1S/C34H47NO7/c1-20(36)29(38)15-24-10-12-34(32(40)8-6-23-16-31(42-2)30(39)18-27(23)24)11-9-21(14-33(34)41)3-4-22-13-25-5-7-26(37)17-28(25)35-19-22/h16,18,20-22,24-25,28-29,33,35-36,38-39,41H,3-9,11,13-15,17,19H2,1-2H3/t20-,21-,22-,24+,25+,28+,29-,33+,34-/m0/s1. The second-order valence-electron chi connectivity index (χ2n) is 13.4. The number of methoxy groups -OCH3 is 1. The van der Waals surface area contributed by atoms with E-state index in [1.807, 2.05) is 0 Å². The summed E-state index contributed by atoms with van der Waals surface area (Å²) >= 11 is 0. The Bertz CT molecular complexity index is 1220. The number of piperidine rings is 1. The topological polar surface area (TPSA) is 136 Å². The molecule has 1 spiro atoms. The SMILES string of the molecule is COc1cc2c(cc1O)[C@@H](C[C@H](O)[C@H](C)O)C#C[C@@]1(CC[C@H](CC[C@@H]3CN[C@@H]4CC(=O)CC[C@@H]4C3)C[C@H]1O)C(=O)CC2. The van der Waals surface area contributed by atoms with Gasteiger partial charge in [-0.15, -0.1) is 0 Å². The van der Waals surface area contributed by atoms with Gasteiger partial charge >= 0.3 is 0 Å². The maximum atomic E-state index is 13.8. The Balaban J connectivity index is 1.30. The van der Waals surface area contributed by atoms with Crippen molar-refractivity contribution in [3.05, 3.63) is 23.3 Å². The van der Waals surface area contributed by atoms with Crippen molar-refractivity contribution < 1.29 is 34.8 Å². The molecule has 2 saturated carbocycles. The van der Waals surface area contributed by atoms with Gasteiger partial charge in [0.2, 0.25) is 0 Å². The molecule has 1 aliphatic heterocycles. The molecule has 9 atom stereocenters. The van der Waals surface area contributed by atoms with E-state index in [1.54, 1.807) is 12.1 Å². The average Bonchev–Trinajstić information content (AvgIpc) is 3.02. The van der Waals surface area contributed by atoms with E-state index >= 15 is 0 Å². The first-order valence-electron chi connectivity index (χ1n) is 15.8. The summed E-state index contributed by atoms with van der Waals surface area (Å²) in [5.41, 5.74) is 0.354. The number of carbonyl (C=O) groups is 2. The van der Waals surface area contributed by atoms with Crippen molar-refractivity contribution in [2.24, 2.45) is 23.2 Å². The zero-order valence-electron chi connectivity index (χ0n) is 25.0. The average molecular weight is 582 g/mol. The number of ketones is 2. The van der Waals surface area contributed by atoms with Crippen LogP contribution in [0, 0.1) is 35.0 Å². The monoisotopic (exact) mass is 581 g/mol. The Morgan fingerprint density at radius 1 is 1.10 bits per heavy atom. The van der Waals surface area contributed by atoms with E-state index in [0.717, 1.165) is 44.2 Å². The number of phenolic OH excluding ortho intramolecular Hbond substituents is 1. The molecule has 0 amide bonds. The minimum absolute atomic E-state index is 0.0453. The van der Waals surface area contributed by atoms with Crippen LogP contribution >= 0.6 is 0 Å². The number of hydrogen-bond donors (Lipinski definition) is 5. The number of Topliss-reactive ketones (excluding diaryl/α,β-unsaturated/α-hetero) is 2. The number of benzene rings is 1. The van der Waals surface area contributed by atoms with E-state index in [1.165, 1.54) is 14.0 Å². The number of aliphatic hydroxyl groups is 3. The van der Waals surface area contributed by atoms with E-state index in [-0.39, 0.29) is 24.4 Å². The fraction of sp³-hybridized carbons (Fsp3) is 0.706. The molecule has 0 radical (unpaired) electrons. The summed E-state index contributed by atoms with van der Waals surface area (Å²) in [7, 11) is 1.47. The first kappa shape index (κ1) is 31.0. The summed E-state index contributed by atoms with van der Waals surface area (Å²) in [5.74, 6) is 7.98. The highest BCUT2D eigenvalue weighted by molar-refractivity contribution is 5.89. The number of aryl methyl sites for hydroxylation is 1. The summed E-state index contributed by atoms with van der Waals surface area (Å²) in [6.07, 6.45) is 5.34. The quantitative estimate of drug-likeness (QED) is 0.309. The molecule has 3 aliphatic carbocycles. The molecule has 1 aromatic rings. The normalized spacial score (nSPS) is 34.6. The molecule has 0 aromatic heterocycles. The van der Waals surface area contributed by atoms with Crippen LogP contribution in [-0.2, 0) is 16.0 Å². The summed E-state index contributed by atoms with van der Waals surface area (Å²) < 4.78 is 5.31. The Morgan fingerprint density at radius 2 is 1.88 bits per heavy atom. The van der Waals surface area contributed by atoms with Crippen LogP contribution in [0.1, 0.15) is 94.6 Å². The summed E-state index contributed by atoms with van der Waals surface area (Å²) in [4.78, 5) is 25.6. The van der Waals surface area contributed by atoms with Crippen molar-refractivity contribution in [1.29, 1.82) is 0 Å². The van der Waals surface area contributed by atoms with E-state index < -0.39 is 29.6 Å². The van der Waals surface area contributed by atoms with E-state index in [0.29, 0.717) is 73.0 Å². The van der Waals surface area contributed by atoms with Gasteiger partial charge in [-0.1, -0.05) is 18.3 Å². The number of hydrogen-bond acceptors (Lipinski definition) is 8. The third-order valence-corrected chi connectivity index (χ3v) is 10.6. The summed E-state index contributed by atoms with van der Waals surface area (Å²) in [6.45, 7) is 2.46. The van der Waals surface area contributed by atoms with Crippen LogP contribution in [0.2, 0.25) is 0 Å². The molecular formula is C34H47NO7. The van der Waals surface area contributed by atoms with Crippen LogP contribution in [-0.4, -0.2) is 70.0 Å². The van der Waals surface area contributed by atoms with E-state index in [2.05, 4.69) is 17.2 Å². The highest BCUT2D eigenvalue weighted by atomic mass is 16.5. The second kappa shape index (κ2) is 13.1. The van der Waals surface area contributed by atoms with Crippen LogP contribution in [0.3, 0.4) is 0 Å². The molecule has 1 aromatic carbocycles. The van der Waals surface area contributed by atoms with Gasteiger partial charge in [0.15, 0.2) is 17.3 Å². The number of phenols is 1. The summed E-state index contributed by atoms with van der Waals surface area (Å²) in [5, 5.41) is 46.2. The Kier molecular flexibility index (Phi) is 9.63. The third kappa shape index (κ3) is 6.55. The van der Waals surface area contributed by atoms with Crippen molar-refractivity contribution >= 4 is 11.6 Å². The number of aliphatic hydroxyl groups excluding tert-OH is 3. The lowest BCUT2D eigenvalue weighted by molar-refractivity contribution is -0.134. The highest BCUT2D eigenvalue weighted by Gasteiger charge is 2.47. The number of ether oxygens (including phenoxy) is 1. The molecule has 0 unspecified atom stereocenters. The van der Waals surface area contributed by atoms with Gasteiger partial charge in [-0.25, -0.2) is 0 Å². The van der Waals surface area contributed by atoms with Crippen LogP contribution in [0.15, 0.2) is 12.1 Å². The first-order chi connectivity index (χ1) is 20.1. The number of rotatable bonds is 7. The Labute approximate surface area is 249 Å². The zero-order valence-corrected chi connectivity index (χ0v) is 25.0. The third-order valence-electron chi connectivity index (χ3n) is 10.6. The lowest BCUT2D eigenvalue weighted by Gasteiger charge is -2.42. The number of carbonyl (C=O) groups excluding carboxylic acids is 2. The minimum atomic E-state index is -1.16. The number of nitrogens with one attached hydrogen (secondary N) is 1. The molecule has 3 fully saturated rings. The second-order valence-corrected chi connectivity index (χ2v) is 13.4. The largest absolute Gasteiger partial charge is 0.504 e. The van der Waals surface area contributed by atoms with E-state index in [4.69, 9.17) is 4.74 Å². The number of aromatic hydroxyl groups is 1. The fourth-order valence-corrected chi connectivity index (χ4v) is 7.86. The van der Waals surface area contributed by atoms with Crippen molar-refractivity contribution in [2.75, 3.05) is 13.7 Å². The van der Waals surface area contributed by atoms with Gasteiger partial charge in [0.1, 0.15) is 11.2 Å². The van der Waals surface area contributed by atoms with Crippen molar-refractivity contribution in [2.45, 2.75) is 114 Å². The van der Waals surface area contributed by atoms with Crippen molar-refractivity contribution in [3.8, 4) is 23.3 Å². The van der Waals surface area contributed by atoms with Crippen molar-refractivity contribution in [3.63, 3.8) is 0 Å². The van der Waals surface area contributed by atoms with Gasteiger partial charge in [0.05, 0.1) is 25.4 Å². The van der Waals surface area contributed by atoms with Crippen LogP contribution < -0.4 is 10.1 Å². The van der Waals surface area contributed by atoms with Gasteiger partial charge < -0.3 is 30.5 Å². The molecule has 42 heavy (non-hydrogen) atoms. The predicted molar refractivity (Wildman–Crippen MR) is 158 cm³/mol. The molecule has 0 bridgehead atoms. The Morgan fingerprint density at radius 3 is 2.62 bits per heavy atom. The first-order valence-corrected chi connectivity index (χ1v) is 15.8. The molecule has 8 heteroatoms. The van der Waals surface area contributed by atoms with Gasteiger partial charge in [-0.05, 0) is 106 Å². The van der Waals surface area contributed by atoms with Crippen LogP contribution in [0.25, 0.3) is 0 Å². The lowest BCUT2D eigenvalue weighted by atomic mass is 9.64. The molecule has 230 valence electrons. The van der Waals surface area contributed by atoms with Crippen LogP contribution in [0.5, 0.6) is 11.5 Å². The van der Waals surface area contributed by atoms with Gasteiger partial charge in [0, 0.05) is 31.2 Å². The minimum Gasteiger partial charge on any atom is -0.504 e. The van der Waals surface area contributed by atoms with Gasteiger partial charge in [-0.3, -0.25) is 9.59 Å². The zero-order chi connectivity index (χ0) is 30.0. The fourth-order valence-electron chi connectivity index (χ4n) is 7.86. The molecule has 5 N–H and O–H groups in total. The van der Waals surface area contributed by atoms with Crippen molar-refractivity contribution in [1.82, 2.24) is 5.32 Å². The molecule has 4 aliphatic rings. The smallest absolute Gasteiger partial charge is 0.160 e. The molecule has 1 saturated heterocycles. The predicted octanol–water partition coefficient (Wildman–Crippen LogP) is 3.41. The maximum absolute atomic E-state index is 13.8. The molecule has 5 rings (SSSR count). The lowest BCUT2D eigenvalue weighted by Crippen LogP contribution is -2.49. The number of fused-ring (bicyclic) bond motifs is 2. The highest BCUT2D eigenvalue weighted by Crippen LogP contribution is 2.45. The summed E-state index contributed by atoms with van der Waals surface area (Å²) in [6, 6.07) is 3.65. The Hall–Kier alpha value is -2.44.